The topological polar surface area (TPSA) is 86.6 Å². The van der Waals surface area contributed by atoms with Crippen LogP contribution in [-0.2, 0) is 11.2 Å². The van der Waals surface area contributed by atoms with E-state index >= 15 is 0 Å². The van der Waals surface area contributed by atoms with Crippen molar-refractivity contribution in [2.75, 3.05) is 0 Å². The number of carbonyl (C=O) groups is 2. The number of aliphatic carboxylic acids is 1. The lowest BCUT2D eigenvalue weighted by Crippen LogP contribution is -2.42. The lowest BCUT2D eigenvalue weighted by atomic mass is 10.1. The van der Waals surface area contributed by atoms with Crippen LogP contribution in [0.4, 0.5) is 4.39 Å². The number of rotatable bonds is 5. The van der Waals surface area contributed by atoms with Crippen molar-refractivity contribution >= 4 is 11.9 Å². The quantitative estimate of drug-likeness (QED) is 0.788. The zero-order valence-corrected chi connectivity index (χ0v) is 11.5. The van der Waals surface area contributed by atoms with E-state index in [0.717, 1.165) is 6.07 Å². The van der Waals surface area contributed by atoms with Gasteiger partial charge in [0.05, 0.1) is 0 Å². The van der Waals surface area contributed by atoms with Gasteiger partial charge in [-0.25, -0.2) is 9.18 Å². The first-order valence-corrected chi connectivity index (χ1v) is 6.53. The van der Waals surface area contributed by atoms with Crippen LogP contribution in [0.25, 0.3) is 0 Å². The van der Waals surface area contributed by atoms with E-state index in [0.29, 0.717) is 5.56 Å². The number of amides is 1. The Balaban J connectivity index is 2.10. The van der Waals surface area contributed by atoms with E-state index in [1.54, 1.807) is 12.1 Å². The highest BCUT2D eigenvalue weighted by atomic mass is 19.1. The van der Waals surface area contributed by atoms with Crippen LogP contribution in [0, 0.1) is 5.82 Å². The Labute approximate surface area is 126 Å². The summed E-state index contributed by atoms with van der Waals surface area (Å²) >= 11 is 0. The second kappa shape index (κ2) is 6.71. The number of hydrogen-bond donors (Lipinski definition) is 3. The second-order valence-corrected chi connectivity index (χ2v) is 4.75. The summed E-state index contributed by atoms with van der Waals surface area (Å²) in [4.78, 5) is 23.2. The lowest BCUT2D eigenvalue weighted by molar-refractivity contribution is -0.139. The van der Waals surface area contributed by atoms with Gasteiger partial charge in [-0.2, -0.15) is 0 Å². The molecule has 2 aromatic rings. The van der Waals surface area contributed by atoms with E-state index in [1.807, 2.05) is 0 Å². The Kier molecular flexibility index (Phi) is 4.73. The summed E-state index contributed by atoms with van der Waals surface area (Å²) in [5, 5.41) is 20.8. The van der Waals surface area contributed by atoms with Gasteiger partial charge in [0.15, 0.2) is 0 Å². The third kappa shape index (κ3) is 4.05. The Morgan fingerprint density at radius 1 is 1.14 bits per heavy atom. The molecule has 5 nitrogen and oxygen atoms in total. The monoisotopic (exact) mass is 303 g/mol. The first kappa shape index (κ1) is 15.5. The summed E-state index contributed by atoms with van der Waals surface area (Å²) in [7, 11) is 0. The predicted molar refractivity (Wildman–Crippen MR) is 77.1 cm³/mol. The molecule has 0 aliphatic rings. The Hall–Kier alpha value is -2.89. The largest absolute Gasteiger partial charge is 0.508 e. The Morgan fingerprint density at radius 3 is 2.41 bits per heavy atom. The van der Waals surface area contributed by atoms with E-state index in [2.05, 4.69) is 5.32 Å². The van der Waals surface area contributed by atoms with Crippen molar-refractivity contribution in [3.8, 4) is 5.75 Å². The number of halogens is 1. The molecule has 0 aliphatic carbocycles. The van der Waals surface area contributed by atoms with E-state index in [9.17, 15) is 24.2 Å². The molecule has 2 rings (SSSR count). The zero-order valence-electron chi connectivity index (χ0n) is 11.5. The normalized spacial score (nSPS) is 11.7. The molecule has 3 N–H and O–H groups in total. The van der Waals surface area contributed by atoms with Gasteiger partial charge in [0, 0.05) is 12.0 Å². The second-order valence-electron chi connectivity index (χ2n) is 4.75. The van der Waals surface area contributed by atoms with Gasteiger partial charge < -0.3 is 15.5 Å². The molecule has 0 aliphatic heterocycles. The maximum absolute atomic E-state index is 13.1. The number of nitrogens with one attached hydrogen (secondary N) is 1. The highest BCUT2D eigenvalue weighted by Crippen LogP contribution is 2.12. The number of carboxylic acids is 1. The molecule has 1 amide bonds. The molecule has 1 unspecified atom stereocenters. The van der Waals surface area contributed by atoms with Gasteiger partial charge in [-0.3, -0.25) is 4.79 Å². The molecule has 2 aromatic carbocycles. The molecule has 0 spiro atoms. The van der Waals surface area contributed by atoms with Crippen molar-refractivity contribution in [1.29, 1.82) is 0 Å². The predicted octanol–water partition coefficient (Wildman–Crippen LogP) is 1.96. The number of phenols is 1. The number of hydrogen-bond acceptors (Lipinski definition) is 3. The average molecular weight is 303 g/mol. The van der Waals surface area contributed by atoms with Gasteiger partial charge in [0.1, 0.15) is 17.6 Å². The van der Waals surface area contributed by atoms with Crippen molar-refractivity contribution in [3.63, 3.8) is 0 Å². The molecule has 6 heteroatoms. The van der Waals surface area contributed by atoms with Crippen LogP contribution < -0.4 is 5.32 Å². The minimum atomic E-state index is -1.20. The van der Waals surface area contributed by atoms with Gasteiger partial charge in [-0.15, -0.1) is 0 Å². The van der Waals surface area contributed by atoms with Crippen molar-refractivity contribution in [3.05, 3.63) is 65.5 Å². The SMILES string of the molecule is O=C(NC(Cc1ccc(O)cc1)C(=O)O)c1cccc(F)c1. The average Bonchev–Trinajstić information content (AvgIpc) is 2.48. The highest BCUT2D eigenvalue weighted by molar-refractivity contribution is 5.96. The molecule has 0 saturated carbocycles. The van der Waals surface area contributed by atoms with E-state index in [-0.39, 0.29) is 17.7 Å². The molecule has 0 radical (unpaired) electrons. The summed E-state index contributed by atoms with van der Waals surface area (Å²) in [6.07, 6.45) is 0.0523. The number of benzene rings is 2. The van der Waals surface area contributed by atoms with Crippen LogP contribution >= 0.6 is 0 Å². The van der Waals surface area contributed by atoms with Crippen molar-refractivity contribution in [1.82, 2.24) is 5.32 Å². The fraction of sp³-hybridized carbons (Fsp3) is 0.125. The minimum absolute atomic E-state index is 0.0523. The molecular weight excluding hydrogens is 289 g/mol. The van der Waals surface area contributed by atoms with Crippen LogP contribution in [0.2, 0.25) is 0 Å². The summed E-state index contributed by atoms with van der Waals surface area (Å²) < 4.78 is 13.1. The van der Waals surface area contributed by atoms with Gasteiger partial charge in [0.25, 0.3) is 5.91 Å². The van der Waals surface area contributed by atoms with Crippen LogP contribution in [0.5, 0.6) is 5.75 Å². The summed E-state index contributed by atoms with van der Waals surface area (Å²) in [5.74, 6) is -2.36. The van der Waals surface area contributed by atoms with E-state index < -0.39 is 23.7 Å². The van der Waals surface area contributed by atoms with Crippen molar-refractivity contribution in [2.45, 2.75) is 12.5 Å². The van der Waals surface area contributed by atoms with Gasteiger partial charge in [-0.1, -0.05) is 18.2 Å². The third-order valence-corrected chi connectivity index (χ3v) is 3.07. The van der Waals surface area contributed by atoms with Crippen LogP contribution in [0.3, 0.4) is 0 Å². The zero-order chi connectivity index (χ0) is 16.1. The van der Waals surface area contributed by atoms with Crippen molar-refractivity contribution < 1.29 is 24.2 Å². The standard InChI is InChI=1S/C16H14FNO4/c17-12-3-1-2-11(9-12)15(20)18-14(16(21)22)8-10-4-6-13(19)7-5-10/h1-7,9,14,19H,8H2,(H,18,20)(H,21,22). The molecule has 0 heterocycles. The van der Waals surface area contributed by atoms with E-state index in [4.69, 9.17) is 0 Å². The Bertz CT molecular complexity index is 685. The number of aromatic hydroxyl groups is 1. The summed E-state index contributed by atoms with van der Waals surface area (Å²) in [6, 6.07) is 9.86. The minimum Gasteiger partial charge on any atom is -0.508 e. The molecule has 1 atom stereocenters. The molecule has 114 valence electrons. The maximum Gasteiger partial charge on any atom is 0.326 e. The van der Waals surface area contributed by atoms with Gasteiger partial charge in [-0.05, 0) is 35.9 Å². The first-order chi connectivity index (χ1) is 10.5. The van der Waals surface area contributed by atoms with E-state index in [1.165, 1.54) is 30.3 Å². The van der Waals surface area contributed by atoms with Gasteiger partial charge >= 0.3 is 5.97 Å². The summed E-state index contributed by atoms with van der Waals surface area (Å²) in [6.45, 7) is 0. The maximum atomic E-state index is 13.1. The fourth-order valence-corrected chi connectivity index (χ4v) is 1.94. The molecule has 0 bridgehead atoms. The van der Waals surface area contributed by atoms with Crippen LogP contribution in [-0.4, -0.2) is 28.1 Å². The lowest BCUT2D eigenvalue weighted by Gasteiger charge is -2.15. The van der Waals surface area contributed by atoms with Crippen molar-refractivity contribution in [2.24, 2.45) is 0 Å². The highest BCUT2D eigenvalue weighted by Gasteiger charge is 2.21. The molecule has 0 saturated heterocycles. The molecule has 0 fully saturated rings. The molecule has 0 aromatic heterocycles. The van der Waals surface area contributed by atoms with Crippen LogP contribution in [0.15, 0.2) is 48.5 Å². The smallest absolute Gasteiger partial charge is 0.326 e. The fourth-order valence-electron chi connectivity index (χ4n) is 1.94. The van der Waals surface area contributed by atoms with Crippen LogP contribution in [0.1, 0.15) is 15.9 Å². The Morgan fingerprint density at radius 2 is 1.82 bits per heavy atom. The number of carbonyl (C=O) groups excluding carboxylic acids is 1. The van der Waals surface area contributed by atoms with Gasteiger partial charge in [0.2, 0.25) is 0 Å². The molecular formula is C16H14FNO4. The molecule has 22 heavy (non-hydrogen) atoms. The third-order valence-electron chi connectivity index (χ3n) is 3.07. The number of phenolic OH excluding ortho intramolecular Hbond substituents is 1. The summed E-state index contributed by atoms with van der Waals surface area (Å²) in [5.41, 5.74) is 0.696. The first-order valence-electron chi connectivity index (χ1n) is 6.53. The number of carboxylic acid groups (broad SMARTS) is 1.